The molecular formula is C18H19N3O. The summed E-state index contributed by atoms with van der Waals surface area (Å²) in [5.74, 6) is 0.742. The van der Waals surface area contributed by atoms with Crippen LogP contribution in [0.2, 0.25) is 0 Å². The fourth-order valence-electron chi connectivity index (χ4n) is 2.53. The standard InChI is InChI=1S/C18H19N3O/c1-2-8-16(21-18(22)13-9-4-3-5-10-13)17-19-14-11-6-7-12-15(14)20-17/h3-7,9-12,16H,2,8H2,1H3,(H,19,20)(H,21,22)/t16-/m0/s1. The second kappa shape index (κ2) is 6.43. The summed E-state index contributed by atoms with van der Waals surface area (Å²) in [7, 11) is 0. The third kappa shape index (κ3) is 3.01. The van der Waals surface area contributed by atoms with Crippen molar-refractivity contribution in [2.24, 2.45) is 0 Å². The van der Waals surface area contributed by atoms with Gasteiger partial charge in [-0.3, -0.25) is 4.79 Å². The van der Waals surface area contributed by atoms with Crippen molar-refractivity contribution in [3.8, 4) is 0 Å². The highest BCUT2D eigenvalue weighted by molar-refractivity contribution is 5.94. The Bertz CT molecular complexity index is 731. The van der Waals surface area contributed by atoms with Gasteiger partial charge in [0.2, 0.25) is 0 Å². The van der Waals surface area contributed by atoms with Crippen LogP contribution in [-0.4, -0.2) is 15.9 Å². The van der Waals surface area contributed by atoms with Crippen LogP contribution in [0.4, 0.5) is 0 Å². The number of para-hydroxylation sites is 2. The molecule has 4 heteroatoms. The third-order valence-corrected chi connectivity index (χ3v) is 3.66. The van der Waals surface area contributed by atoms with E-state index in [2.05, 4.69) is 22.2 Å². The average Bonchev–Trinajstić information content (AvgIpc) is 2.99. The van der Waals surface area contributed by atoms with Crippen LogP contribution in [0.1, 0.15) is 42.0 Å². The lowest BCUT2D eigenvalue weighted by Gasteiger charge is -2.16. The number of hydrogen-bond donors (Lipinski definition) is 2. The number of aromatic amines is 1. The number of carbonyl (C=O) groups excluding carboxylic acids is 1. The molecule has 0 saturated carbocycles. The number of amides is 1. The first-order valence-electron chi connectivity index (χ1n) is 7.58. The molecule has 4 nitrogen and oxygen atoms in total. The monoisotopic (exact) mass is 293 g/mol. The lowest BCUT2D eigenvalue weighted by molar-refractivity contribution is 0.0933. The second-order valence-corrected chi connectivity index (χ2v) is 5.32. The molecule has 112 valence electrons. The summed E-state index contributed by atoms with van der Waals surface area (Å²) in [5, 5.41) is 3.08. The summed E-state index contributed by atoms with van der Waals surface area (Å²) in [6, 6.07) is 17.1. The molecular weight excluding hydrogens is 274 g/mol. The zero-order chi connectivity index (χ0) is 15.4. The van der Waals surface area contributed by atoms with Crippen LogP contribution in [0.5, 0.6) is 0 Å². The maximum Gasteiger partial charge on any atom is 0.251 e. The molecule has 1 atom stereocenters. The second-order valence-electron chi connectivity index (χ2n) is 5.32. The van der Waals surface area contributed by atoms with Gasteiger partial charge in [-0.1, -0.05) is 43.7 Å². The Balaban J connectivity index is 1.84. The minimum atomic E-state index is -0.106. The first-order valence-corrected chi connectivity index (χ1v) is 7.58. The van der Waals surface area contributed by atoms with Gasteiger partial charge in [0, 0.05) is 5.56 Å². The highest BCUT2D eigenvalue weighted by Crippen LogP contribution is 2.20. The van der Waals surface area contributed by atoms with Gasteiger partial charge in [-0.05, 0) is 30.7 Å². The molecule has 0 fully saturated rings. The molecule has 0 aliphatic carbocycles. The van der Waals surface area contributed by atoms with Gasteiger partial charge in [0.25, 0.3) is 5.91 Å². The van der Waals surface area contributed by atoms with Crippen molar-refractivity contribution in [2.45, 2.75) is 25.8 Å². The van der Waals surface area contributed by atoms with Crippen molar-refractivity contribution >= 4 is 16.9 Å². The predicted molar refractivity (Wildman–Crippen MR) is 87.7 cm³/mol. The maximum absolute atomic E-state index is 12.4. The SMILES string of the molecule is CCC[C@H](NC(=O)c1ccccc1)c1nc2ccccc2[nH]1. The first kappa shape index (κ1) is 14.3. The smallest absolute Gasteiger partial charge is 0.251 e. The largest absolute Gasteiger partial charge is 0.342 e. The van der Waals surface area contributed by atoms with Crippen molar-refractivity contribution < 1.29 is 4.79 Å². The zero-order valence-corrected chi connectivity index (χ0v) is 12.5. The van der Waals surface area contributed by atoms with Gasteiger partial charge in [0.15, 0.2) is 0 Å². The van der Waals surface area contributed by atoms with Crippen LogP contribution in [0.15, 0.2) is 54.6 Å². The van der Waals surface area contributed by atoms with Crippen molar-refractivity contribution in [3.63, 3.8) is 0 Å². The Hall–Kier alpha value is -2.62. The summed E-state index contributed by atoms with van der Waals surface area (Å²) in [4.78, 5) is 20.3. The number of benzene rings is 2. The van der Waals surface area contributed by atoms with E-state index < -0.39 is 0 Å². The molecule has 0 unspecified atom stereocenters. The summed E-state index contributed by atoms with van der Waals surface area (Å²) in [6.07, 6.45) is 1.81. The van der Waals surface area contributed by atoms with Crippen LogP contribution < -0.4 is 5.32 Å². The highest BCUT2D eigenvalue weighted by atomic mass is 16.1. The normalized spacial score (nSPS) is 12.2. The van der Waals surface area contributed by atoms with E-state index in [0.717, 1.165) is 29.7 Å². The first-order chi connectivity index (χ1) is 10.8. The molecule has 0 aliphatic heterocycles. The fraction of sp³-hybridized carbons (Fsp3) is 0.222. The molecule has 0 aliphatic rings. The van der Waals surface area contributed by atoms with Gasteiger partial charge in [-0.15, -0.1) is 0 Å². The van der Waals surface area contributed by atoms with Gasteiger partial charge in [0.1, 0.15) is 5.82 Å². The van der Waals surface area contributed by atoms with E-state index in [1.54, 1.807) is 0 Å². The summed E-state index contributed by atoms with van der Waals surface area (Å²) >= 11 is 0. The van der Waals surface area contributed by atoms with E-state index in [-0.39, 0.29) is 11.9 Å². The summed E-state index contributed by atoms with van der Waals surface area (Å²) in [5.41, 5.74) is 2.58. The van der Waals surface area contributed by atoms with Crippen molar-refractivity contribution in [2.75, 3.05) is 0 Å². The number of hydrogen-bond acceptors (Lipinski definition) is 2. The van der Waals surface area contributed by atoms with Crippen molar-refractivity contribution in [3.05, 3.63) is 66.0 Å². The molecule has 2 aromatic carbocycles. The van der Waals surface area contributed by atoms with Gasteiger partial charge in [-0.25, -0.2) is 4.98 Å². The summed E-state index contributed by atoms with van der Waals surface area (Å²) in [6.45, 7) is 2.10. The molecule has 0 bridgehead atoms. The Labute approximate surface area is 129 Å². The van der Waals surface area contributed by atoms with E-state index in [0.29, 0.717) is 5.56 Å². The van der Waals surface area contributed by atoms with Crippen LogP contribution in [0, 0.1) is 0 Å². The molecule has 1 amide bonds. The molecule has 1 heterocycles. The van der Waals surface area contributed by atoms with Gasteiger partial charge in [0.05, 0.1) is 17.1 Å². The zero-order valence-electron chi connectivity index (χ0n) is 12.5. The fourth-order valence-corrected chi connectivity index (χ4v) is 2.53. The molecule has 22 heavy (non-hydrogen) atoms. The molecule has 0 spiro atoms. The van der Waals surface area contributed by atoms with E-state index in [4.69, 9.17) is 0 Å². The number of imidazole rings is 1. The molecule has 1 aromatic heterocycles. The Morgan fingerprint density at radius 2 is 1.86 bits per heavy atom. The number of carbonyl (C=O) groups is 1. The minimum Gasteiger partial charge on any atom is -0.342 e. The molecule has 0 saturated heterocycles. The van der Waals surface area contributed by atoms with E-state index in [1.807, 2.05) is 54.6 Å². The summed E-state index contributed by atoms with van der Waals surface area (Å²) < 4.78 is 0. The van der Waals surface area contributed by atoms with Crippen molar-refractivity contribution in [1.29, 1.82) is 0 Å². The lowest BCUT2D eigenvalue weighted by Crippen LogP contribution is -2.29. The highest BCUT2D eigenvalue weighted by Gasteiger charge is 2.18. The molecule has 3 rings (SSSR count). The molecule has 3 aromatic rings. The number of fused-ring (bicyclic) bond motifs is 1. The number of rotatable bonds is 5. The van der Waals surface area contributed by atoms with E-state index >= 15 is 0 Å². The lowest BCUT2D eigenvalue weighted by atomic mass is 10.1. The van der Waals surface area contributed by atoms with Crippen molar-refractivity contribution in [1.82, 2.24) is 15.3 Å². The topological polar surface area (TPSA) is 57.8 Å². The van der Waals surface area contributed by atoms with Gasteiger partial charge >= 0.3 is 0 Å². The van der Waals surface area contributed by atoms with Crippen LogP contribution in [0.25, 0.3) is 11.0 Å². The number of nitrogens with one attached hydrogen (secondary N) is 2. The molecule has 0 radical (unpaired) electrons. The average molecular weight is 293 g/mol. The van der Waals surface area contributed by atoms with E-state index in [9.17, 15) is 4.79 Å². The Kier molecular flexibility index (Phi) is 4.19. The predicted octanol–water partition coefficient (Wildman–Crippen LogP) is 3.83. The Morgan fingerprint density at radius 1 is 1.14 bits per heavy atom. The van der Waals surface area contributed by atoms with Crippen LogP contribution in [-0.2, 0) is 0 Å². The number of aromatic nitrogens is 2. The number of nitrogens with zero attached hydrogens (tertiary/aromatic N) is 1. The minimum absolute atomic E-state index is 0.0699. The maximum atomic E-state index is 12.4. The Morgan fingerprint density at radius 3 is 2.59 bits per heavy atom. The van der Waals surface area contributed by atoms with E-state index in [1.165, 1.54) is 0 Å². The number of H-pyrrole nitrogens is 1. The van der Waals surface area contributed by atoms with Gasteiger partial charge in [-0.2, -0.15) is 0 Å². The molecule has 2 N–H and O–H groups in total. The van der Waals surface area contributed by atoms with Gasteiger partial charge < -0.3 is 10.3 Å². The van der Waals surface area contributed by atoms with Crippen LogP contribution in [0.3, 0.4) is 0 Å². The van der Waals surface area contributed by atoms with Crippen LogP contribution >= 0.6 is 0 Å². The third-order valence-electron chi connectivity index (χ3n) is 3.66. The quantitative estimate of drug-likeness (QED) is 0.751.